The molecule has 0 radical (unpaired) electrons. The number of anilines is 2. The van der Waals surface area contributed by atoms with Gasteiger partial charge in [0, 0.05) is 5.69 Å². The molecule has 0 unspecified atom stereocenters. The number of nitrogens with one attached hydrogen (secondary N) is 1. The molecule has 1 aromatic carbocycles. The van der Waals surface area contributed by atoms with Crippen LogP contribution in [0.25, 0.3) is 0 Å². The topological polar surface area (TPSA) is 77.0 Å². The van der Waals surface area contributed by atoms with Gasteiger partial charge in [-0.3, -0.25) is 0 Å². The maximum atomic E-state index is 12.0. The van der Waals surface area contributed by atoms with Gasteiger partial charge < -0.3 is 10.1 Å². The molecule has 0 aliphatic heterocycles. The molecule has 1 aromatic heterocycles. The van der Waals surface area contributed by atoms with Crippen molar-refractivity contribution >= 4 is 29.2 Å². The van der Waals surface area contributed by atoms with Crippen molar-refractivity contribution in [3.8, 4) is 0 Å². The number of carbonyl (C=O) groups is 1. The highest BCUT2D eigenvalue weighted by atomic mass is 32.2. The van der Waals surface area contributed by atoms with E-state index >= 15 is 0 Å². The molecule has 0 aliphatic carbocycles. The standard InChI is InChI=1S/C16H20N4O2S/c1-5-22-15(21)13-14(18-16(23-4)20-19-13)17-12-8-6-11(7-9-12)10(2)3/h6-10H,5H2,1-4H3,(H,17,18,20). The largest absolute Gasteiger partial charge is 0.461 e. The second-order valence-electron chi connectivity index (χ2n) is 5.12. The predicted molar refractivity (Wildman–Crippen MR) is 91.4 cm³/mol. The van der Waals surface area contributed by atoms with Crippen LogP contribution < -0.4 is 5.32 Å². The third kappa shape index (κ3) is 4.41. The Balaban J connectivity index is 2.30. The number of ether oxygens (including phenoxy) is 1. The normalized spacial score (nSPS) is 10.7. The number of hydrogen-bond donors (Lipinski definition) is 1. The summed E-state index contributed by atoms with van der Waals surface area (Å²) in [4.78, 5) is 16.3. The lowest BCUT2D eigenvalue weighted by Gasteiger charge is -2.11. The third-order valence-electron chi connectivity index (χ3n) is 3.16. The maximum Gasteiger partial charge on any atom is 0.362 e. The van der Waals surface area contributed by atoms with Crippen LogP contribution >= 0.6 is 11.8 Å². The zero-order chi connectivity index (χ0) is 16.8. The van der Waals surface area contributed by atoms with Crippen LogP contribution in [0.1, 0.15) is 42.7 Å². The molecule has 1 heterocycles. The zero-order valence-electron chi connectivity index (χ0n) is 13.7. The van der Waals surface area contributed by atoms with Crippen LogP contribution in [0.5, 0.6) is 0 Å². The molecule has 122 valence electrons. The Morgan fingerprint density at radius 3 is 2.52 bits per heavy atom. The molecule has 2 aromatic rings. The van der Waals surface area contributed by atoms with E-state index in [1.807, 2.05) is 30.5 Å². The number of aromatic nitrogens is 3. The minimum absolute atomic E-state index is 0.0811. The van der Waals surface area contributed by atoms with E-state index in [0.717, 1.165) is 5.69 Å². The van der Waals surface area contributed by atoms with E-state index in [2.05, 4.69) is 34.3 Å². The summed E-state index contributed by atoms with van der Waals surface area (Å²) >= 11 is 1.36. The highest BCUT2D eigenvalue weighted by Gasteiger charge is 2.18. The maximum absolute atomic E-state index is 12.0. The molecule has 0 bridgehead atoms. The fourth-order valence-corrected chi connectivity index (χ4v) is 2.21. The summed E-state index contributed by atoms with van der Waals surface area (Å²) < 4.78 is 5.00. The summed E-state index contributed by atoms with van der Waals surface area (Å²) in [7, 11) is 0. The monoisotopic (exact) mass is 332 g/mol. The summed E-state index contributed by atoms with van der Waals surface area (Å²) in [6, 6.07) is 7.98. The Morgan fingerprint density at radius 2 is 1.96 bits per heavy atom. The van der Waals surface area contributed by atoms with Crippen LogP contribution in [0, 0.1) is 0 Å². The molecule has 0 saturated heterocycles. The molecule has 2 rings (SSSR count). The lowest BCUT2D eigenvalue weighted by atomic mass is 10.0. The van der Waals surface area contributed by atoms with Crippen LogP contribution in [-0.2, 0) is 4.74 Å². The Bertz CT molecular complexity index is 674. The highest BCUT2D eigenvalue weighted by molar-refractivity contribution is 7.98. The van der Waals surface area contributed by atoms with Gasteiger partial charge in [-0.25, -0.2) is 9.78 Å². The van der Waals surface area contributed by atoms with E-state index in [1.165, 1.54) is 17.3 Å². The third-order valence-corrected chi connectivity index (χ3v) is 3.70. The molecule has 23 heavy (non-hydrogen) atoms. The molecule has 7 heteroatoms. The smallest absolute Gasteiger partial charge is 0.362 e. The fraction of sp³-hybridized carbons (Fsp3) is 0.375. The van der Waals surface area contributed by atoms with Crippen molar-refractivity contribution in [3.05, 3.63) is 35.5 Å². The molecule has 0 aliphatic rings. The molecule has 0 saturated carbocycles. The average molecular weight is 332 g/mol. The second-order valence-corrected chi connectivity index (χ2v) is 5.89. The SMILES string of the molecule is CCOC(=O)c1nnc(SC)nc1Nc1ccc(C(C)C)cc1. The number of hydrogen-bond acceptors (Lipinski definition) is 7. The van der Waals surface area contributed by atoms with Crippen molar-refractivity contribution in [2.45, 2.75) is 31.8 Å². The van der Waals surface area contributed by atoms with E-state index in [9.17, 15) is 4.79 Å². The first-order chi connectivity index (χ1) is 11.0. The van der Waals surface area contributed by atoms with Gasteiger partial charge in [0.25, 0.3) is 0 Å². The Labute approximate surface area is 140 Å². The lowest BCUT2D eigenvalue weighted by Crippen LogP contribution is -2.13. The van der Waals surface area contributed by atoms with Crippen molar-refractivity contribution in [1.82, 2.24) is 15.2 Å². The molecule has 6 nitrogen and oxygen atoms in total. The van der Waals surface area contributed by atoms with Crippen molar-refractivity contribution in [1.29, 1.82) is 0 Å². The summed E-state index contributed by atoms with van der Waals surface area (Å²) in [5, 5.41) is 11.5. The van der Waals surface area contributed by atoms with Gasteiger partial charge in [0.05, 0.1) is 6.61 Å². The van der Waals surface area contributed by atoms with Gasteiger partial charge in [0.2, 0.25) is 10.9 Å². The molecule has 0 amide bonds. The Morgan fingerprint density at radius 1 is 1.26 bits per heavy atom. The first-order valence-electron chi connectivity index (χ1n) is 7.38. The summed E-state index contributed by atoms with van der Waals surface area (Å²) in [5.41, 5.74) is 2.15. The van der Waals surface area contributed by atoms with Gasteiger partial charge in [-0.05, 0) is 36.8 Å². The number of nitrogens with zero attached hydrogens (tertiary/aromatic N) is 3. The van der Waals surface area contributed by atoms with Gasteiger partial charge in [-0.15, -0.1) is 10.2 Å². The summed E-state index contributed by atoms with van der Waals surface area (Å²) in [5.74, 6) is 0.268. The highest BCUT2D eigenvalue weighted by Crippen LogP contribution is 2.22. The molecule has 0 spiro atoms. The van der Waals surface area contributed by atoms with Crippen LogP contribution in [-0.4, -0.2) is 34.0 Å². The number of esters is 1. The zero-order valence-corrected chi connectivity index (χ0v) is 14.5. The molecule has 1 N–H and O–H groups in total. The van der Waals surface area contributed by atoms with E-state index in [1.54, 1.807) is 6.92 Å². The summed E-state index contributed by atoms with van der Waals surface area (Å²) in [6.45, 7) is 6.29. The first kappa shape index (κ1) is 17.2. The molecule has 0 atom stereocenters. The Hall–Kier alpha value is -2.15. The van der Waals surface area contributed by atoms with Gasteiger partial charge in [0.15, 0.2) is 5.82 Å². The number of rotatable bonds is 6. The van der Waals surface area contributed by atoms with Crippen molar-refractivity contribution < 1.29 is 9.53 Å². The van der Waals surface area contributed by atoms with E-state index in [0.29, 0.717) is 16.9 Å². The van der Waals surface area contributed by atoms with Crippen LogP contribution in [0.3, 0.4) is 0 Å². The van der Waals surface area contributed by atoms with Gasteiger partial charge >= 0.3 is 5.97 Å². The quantitative estimate of drug-likeness (QED) is 0.639. The summed E-state index contributed by atoms with van der Waals surface area (Å²) in [6.07, 6.45) is 1.85. The van der Waals surface area contributed by atoms with E-state index in [-0.39, 0.29) is 12.3 Å². The molecular weight excluding hydrogens is 312 g/mol. The van der Waals surface area contributed by atoms with E-state index in [4.69, 9.17) is 4.74 Å². The number of benzene rings is 1. The van der Waals surface area contributed by atoms with Crippen molar-refractivity contribution in [2.75, 3.05) is 18.2 Å². The minimum atomic E-state index is -0.540. The van der Waals surface area contributed by atoms with Crippen LogP contribution in [0.4, 0.5) is 11.5 Å². The van der Waals surface area contributed by atoms with E-state index < -0.39 is 5.97 Å². The molecular formula is C16H20N4O2S. The minimum Gasteiger partial charge on any atom is -0.461 e. The van der Waals surface area contributed by atoms with Crippen LogP contribution in [0.15, 0.2) is 29.4 Å². The van der Waals surface area contributed by atoms with Gasteiger partial charge in [0.1, 0.15) is 0 Å². The fourth-order valence-electron chi connectivity index (χ4n) is 1.91. The van der Waals surface area contributed by atoms with Crippen molar-refractivity contribution in [3.63, 3.8) is 0 Å². The number of thioether (sulfide) groups is 1. The molecule has 0 fully saturated rings. The first-order valence-corrected chi connectivity index (χ1v) is 8.60. The van der Waals surface area contributed by atoms with Crippen LogP contribution in [0.2, 0.25) is 0 Å². The van der Waals surface area contributed by atoms with Crippen molar-refractivity contribution in [2.24, 2.45) is 0 Å². The number of carbonyl (C=O) groups excluding carboxylic acids is 1. The average Bonchev–Trinajstić information content (AvgIpc) is 2.55. The second kappa shape index (κ2) is 7.92. The lowest BCUT2D eigenvalue weighted by molar-refractivity contribution is 0.0518. The predicted octanol–water partition coefficient (Wildman–Crippen LogP) is 3.64. The van der Waals surface area contributed by atoms with Gasteiger partial charge in [-0.1, -0.05) is 37.7 Å². The van der Waals surface area contributed by atoms with Gasteiger partial charge in [-0.2, -0.15) is 0 Å². The Kier molecular flexibility index (Phi) is 5.92.